The molecule has 0 fully saturated rings. The van der Waals surface area contributed by atoms with Gasteiger partial charge in [0.1, 0.15) is 5.75 Å². The van der Waals surface area contributed by atoms with E-state index in [2.05, 4.69) is 13.8 Å². The van der Waals surface area contributed by atoms with E-state index in [1.807, 2.05) is 25.1 Å². The van der Waals surface area contributed by atoms with Crippen LogP contribution in [-0.2, 0) is 4.79 Å². The zero-order valence-corrected chi connectivity index (χ0v) is 10.3. The van der Waals surface area contributed by atoms with Gasteiger partial charge in [-0.15, -0.1) is 0 Å². The second-order valence-electron chi connectivity index (χ2n) is 4.36. The van der Waals surface area contributed by atoms with E-state index in [1.54, 1.807) is 6.92 Å². The van der Waals surface area contributed by atoms with Crippen molar-refractivity contribution in [1.29, 1.82) is 0 Å². The predicted molar refractivity (Wildman–Crippen MR) is 64.6 cm³/mol. The van der Waals surface area contributed by atoms with E-state index in [0.717, 1.165) is 16.9 Å². The maximum atomic E-state index is 11.0. The highest BCUT2D eigenvalue weighted by Crippen LogP contribution is 2.28. The van der Waals surface area contributed by atoms with Gasteiger partial charge in [-0.1, -0.05) is 26.0 Å². The molecule has 88 valence electrons. The average molecular weight is 221 g/mol. The summed E-state index contributed by atoms with van der Waals surface area (Å²) in [5.41, 5.74) is 7.39. The first kappa shape index (κ1) is 12.6. The highest BCUT2D eigenvalue weighted by atomic mass is 16.5. The Balaban J connectivity index is 3.01. The van der Waals surface area contributed by atoms with E-state index in [0.29, 0.717) is 5.92 Å². The van der Waals surface area contributed by atoms with Crippen molar-refractivity contribution in [3.8, 4) is 5.75 Å². The topological polar surface area (TPSA) is 52.3 Å². The molecule has 2 N–H and O–H groups in total. The van der Waals surface area contributed by atoms with E-state index in [4.69, 9.17) is 10.5 Å². The quantitative estimate of drug-likeness (QED) is 0.848. The van der Waals surface area contributed by atoms with Gasteiger partial charge in [-0.05, 0) is 37.0 Å². The highest BCUT2D eigenvalue weighted by Gasteiger charge is 2.14. The Morgan fingerprint density at radius 3 is 2.44 bits per heavy atom. The molecule has 16 heavy (non-hydrogen) atoms. The van der Waals surface area contributed by atoms with E-state index < -0.39 is 12.0 Å². The van der Waals surface area contributed by atoms with Crippen molar-refractivity contribution in [1.82, 2.24) is 0 Å². The maximum absolute atomic E-state index is 11.0. The molecule has 1 atom stereocenters. The molecule has 0 aliphatic carbocycles. The molecule has 0 aliphatic rings. The molecule has 1 aromatic rings. The first-order valence-corrected chi connectivity index (χ1v) is 5.48. The lowest BCUT2D eigenvalue weighted by Gasteiger charge is -2.17. The van der Waals surface area contributed by atoms with E-state index in [1.165, 1.54) is 0 Å². The zero-order valence-electron chi connectivity index (χ0n) is 10.3. The van der Waals surface area contributed by atoms with Gasteiger partial charge in [0.15, 0.2) is 6.10 Å². The third kappa shape index (κ3) is 2.99. The molecule has 0 radical (unpaired) electrons. The van der Waals surface area contributed by atoms with Crippen molar-refractivity contribution in [2.24, 2.45) is 5.73 Å². The molecule has 0 spiro atoms. The van der Waals surface area contributed by atoms with Gasteiger partial charge in [0.2, 0.25) is 0 Å². The van der Waals surface area contributed by atoms with Gasteiger partial charge >= 0.3 is 0 Å². The molecule has 3 nitrogen and oxygen atoms in total. The summed E-state index contributed by atoms with van der Waals surface area (Å²) in [6, 6.07) is 6.01. The van der Waals surface area contributed by atoms with Crippen LogP contribution in [0.15, 0.2) is 18.2 Å². The van der Waals surface area contributed by atoms with Crippen molar-refractivity contribution in [2.75, 3.05) is 0 Å². The van der Waals surface area contributed by atoms with E-state index >= 15 is 0 Å². The number of primary amides is 1. The summed E-state index contributed by atoms with van der Waals surface area (Å²) in [7, 11) is 0. The van der Waals surface area contributed by atoms with Crippen LogP contribution in [0.25, 0.3) is 0 Å². The molecular weight excluding hydrogens is 202 g/mol. The van der Waals surface area contributed by atoms with E-state index in [9.17, 15) is 4.79 Å². The zero-order chi connectivity index (χ0) is 12.3. The number of rotatable bonds is 4. The lowest BCUT2D eigenvalue weighted by Crippen LogP contribution is -2.31. The number of carbonyl (C=O) groups is 1. The van der Waals surface area contributed by atoms with Crippen molar-refractivity contribution >= 4 is 5.91 Å². The van der Waals surface area contributed by atoms with Crippen LogP contribution >= 0.6 is 0 Å². The molecule has 0 saturated heterocycles. The predicted octanol–water partition coefficient (Wildman–Crippen LogP) is 2.37. The third-order valence-corrected chi connectivity index (χ3v) is 2.50. The van der Waals surface area contributed by atoms with Crippen LogP contribution in [0.4, 0.5) is 0 Å². The number of ether oxygens (including phenoxy) is 1. The number of hydrogen-bond donors (Lipinski definition) is 1. The molecule has 0 heterocycles. The minimum Gasteiger partial charge on any atom is -0.481 e. The normalized spacial score (nSPS) is 12.6. The summed E-state index contributed by atoms with van der Waals surface area (Å²) < 4.78 is 5.57. The third-order valence-electron chi connectivity index (χ3n) is 2.50. The summed E-state index contributed by atoms with van der Waals surface area (Å²) >= 11 is 0. The van der Waals surface area contributed by atoms with Crippen LogP contribution < -0.4 is 10.5 Å². The second kappa shape index (κ2) is 5.01. The number of benzene rings is 1. The number of hydrogen-bond acceptors (Lipinski definition) is 2. The first-order valence-electron chi connectivity index (χ1n) is 5.48. The minimum atomic E-state index is -0.598. The monoisotopic (exact) mass is 221 g/mol. The smallest absolute Gasteiger partial charge is 0.258 e. The van der Waals surface area contributed by atoms with E-state index in [-0.39, 0.29) is 0 Å². The SMILES string of the molecule is Cc1ccc(C(C)C)c(O[C@@H](C)C(N)=O)c1. The van der Waals surface area contributed by atoms with Crippen LogP contribution in [-0.4, -0.2) is 12.0 Å². The Bertz CT molecular complexity index is 386. The number of nitrogens with two attached hydrogens (primary N) is 1. The standard InChI is InChI=1S/C13H19NO2/c1-8(2)11-6-5-9(3)7-12(11)16-10(4)13(14)15/h5-8,10H,1-4H3,(H2,14,15)/t10-/m0/s1. The minimum absolute atomic E-state index is 0.357. The number of carbonyl (C=O) groups excluding carboxylic acids is 1. The molecule has 0 saturated carbocycles. The number of amides is 1. The molecule has 1 amide bonds. The molecule has 0 bridgehead atoms. The molecule has 3 heteroatoms. The molecule has 1 aromatic carbocycles. The molecule has 1 rings (SSSR count). The van der Waals surface area contributed by atoms with Gasteiger partial charge in [-0.3, -0.25) is 4.79 Å². The summed E-state index contributed by atoms with van der Waals surface area (Å²) in [6.07, 6.45) is -0.598. The van der Waals surface area contributed by atoms with Gasteiger partial charge in [0.05, 0.1) is 0 Å². The lowest BCUT2D eigenvalue weighted by atomic mass is 10.0. The summed E-state index contributed by atoms with van der Waals surface area (Å²) in [4.78, 5) is 11.0. The van der Waals surface area contributed by atoms with Crippen molar-refractivity contribution in [3.05, 3.63) is 29.3 Å². The molecule has 0 aliphatic heterocycles. The van der Waals surface area contributed by atoms with Gasteiger partial charge in [0.25, 0.3) is 5.91 Å². The Morgan fingerprint density at radius 2 is 1.94 bits per heavy atom. The number of aryl methyl sites for hydroxylation is 1. The Morgan fingerprint density at radius 1 is 1.31 bits per heavy atom. The fourth-order valence-electron chi connectivity index (χ4n) is 1.47. The summed E-state index contributed by atoms with van der Waals surface area (Å²) in [5, 5.41) is 0. The average Bonchev–Trinajstić information content (AvgIpc) is 2.16. The van der Waals surface area contributed by atoms with Crippen molar-refractivity contribution < 1.29 is 9.53 Å². The van der Waals surface area contributed by atoms with Gasteiger partial charge in [0, 0.05) is 0 Å². The lowest BCUT2D eigenvalue weighted by molar-refractivity contribution is -0.124. The maximum Gasteiger partial charge on any atom is 0.258 e. The van der Waals surface area contributed by atoms with Crippen molar-refractivity contribution in [2.45, 2.75) is 39.7 Å². The fourth-order valence-corrected chi connectivity index (χ4v) is 1.47. The summed E-state index contributed by atoms with van der Waals surface area (Å²) in [5.74, 6) is 0.660. The van der Waals surface area contributed by atoms with Crippen LogP contribution in [0.1, 0.15) is 37.8 Å². The van der Waals surface area contributed by atoms with Gasteiger partial charge in [-0.2, -0.15) is 0 Å². The fraction of sp³-hybridized carbons (Fsp3) is 0.462. The largest absolute Gasteiger partial charge is 0.481 e. The van der Waals surface area contributed by atoms with Crippen LogP contribution in [0.3, 0.4) is 0 Å². The first-order chi connectivity index (χ1) is 7.41. The van der Waals surface area contributed by atoms with Gasteiger partial charge in [-0.25, -0.2) is 0 Å². The molecule has 0 aromatic heterocycles. The summed E-state index contributed by atoms with van der Waals surface area (Å²) in [6.45, 7) is 7.83. The second-order valence-corrected chi connectivity index (χ2v) is 4.36. The molecular formula is C13H19NO2. The van der Waals surface area contributed by atoms with Gasteiger partial charge < -0.3 is 10.5 Å². The van der Waals surface area contributed by atoms with Crippen LogP contribution in [0, 0.1) is 6.92 Å². The highest BCUT2D eigenvalue weighted by molar-refractivity contribution is 5.78. The Labute approximate surface area is 96.6 Å². The Kier molecular flexibility index (Phi) is 3.93. The van der Waals surface area contributed by atoms with Crippen molar-refractivity contribution in [3.63, 3.8) is 0 Å². The van der Waals surface area contributed by atoms with Crippen LogP contribution in [0.5, 0.6) is 5.75 Å². The molecule has 0 unspecified atom stereocenters. The Hall–Kier alpha value is -1.51. The van der Waals surface area contributed by atoms with Crippen LogP contribution in [0.2, 0.25) is 0 Å².